The van der Waals surface area contributed by atoms with Crippen LogP contribution in [0, 0.1) is 6.92 Å². The molecule has 0 saturated carbocycles. The van der Waals surface area contributed by atoms with Gasteiger partial charge < -0.3 is 20.1 Å². The molecule has 2 N–H and O–H groups in total. The number of ether oxygens (including phenoxy) is 2. The van der Waals surface area contributed by atoms with E-state index in [9.17, 15) is 9.59 Å². The van der Waals surface area contributed by atoms with Crippen molar-refractivity contribution in [1.29, 1.82) is 0 Å². The van der Waals surface area contributed by atoms with Crippen molar-refractivity contribution in [2.24, 2.45) is 0 Å². The first kappa shape index (κ1) is 18.3. The van der Waals surface area contributed by atoms with Crippen LogP contribution in [-0.4, -0.2) is 26.0 Å². The summed E-state index contributed by atoms with van der Waals surface area (Å²) < 4.78 is 10.4. The summed E-state index contributed by atoms with van der Waals surface area (Å²) in [6, 6.07) is 13.0. The maximum Gasteiger partial charge on any atom is 0.309 e. The Kier molecular flexibility index (Phi) is 6.39. The molecule has 6 nitrogen and oxygen atoms in total. The molecule has 0 aliphatic carbocycles. The van der Waals surface area contributed by atoms with Crippen LogP contribution in [0.4, 0.5) is 0 Å². The van der Waals surface area contributed by atoms with Crippen molar-refractivity contribution < 1.29 is 19.1 Å². The van der Waals surface area contributed by atoms with E-state index in [0.717, 1.165) is 16.7 Å². The van der Waals surface area contributed by atoms with Crippen LogP contribution in [0.2, 0.25) is 0 Å². The van der Waals surface area contributed by atoms with Gasteiger partial charge in [0.05, 0.1) is 14.2 Å². The summed E-state index contributed by atoms with van der Waals surface area (Å²) in [6.07, 6.45) is 0. The van der Waals surface area contributed by atoms with E-state index in [4.69, 9.17) is 9.47 Å². The molecule has 2 aromatic carbocycles. The van der Waals surface area contributed by atoms with E-state index in [0.29, 0.717) is 18.0 Å². The van der Waals surface area contributed by atoms with Gasteiger partial charge >= 0.3 is 11.8 Å². The lowest BCUT2D eigenvalue weighted by molar-refractivity contribution is -0.139. The van der Waals surface area contributed by atoms with Gasteiger partial charge in [-0.1, -0.05) is 35.9 Å². The third-order valence-corrected chi connectivity index (χ3v) is 3.68. The fourth-order valence-corrected chi connectivity index (χ4v) is 2.22. The number of amides is 2. The van der Waals surface area contributed by atoms with Crippen LogP contribution in [0.1, 0.15) is 16.7 Å². The maximum absolute atomic E-state index is 11.9. The van der Waals surface area contributed by atoms with Crippen molar-refractivity contribution in [3.05, 3.63) is 59.2 Å². The molecule has 6 heteroatoms. The number of rotatable bonds is 6. The summed E-state index contributed by atoms with van der Waals surface area (Å²) in [7, 11) is 3.09. The quantitative estimate of drug-likeness (QED) is 0.787. The zero-order valence-corrected chi connectivity index (χ0v) is 14.6. The van der Waals surface area contributed by atoms with Gasteiger partial charge in [0.2, 0.25) is 0 Å². The van der Waals surface area contributed by atoms with Crippen molar-refractivity contribution in [2.45, 2.75) is 20.0 Å². The molecule has 0 aromatic heterocycles. The number of carbonyl (C=O) groups is 2. The number of hydrogen-bond acceptors (Lipinski definition) is 4. The largest absolute Gasteiger partial charge is 0.493 e. The highest BCUT2D eigenvalue weighted by Crippen LogP contribution is 2.27. The van der Waals surface area contributed by atoms with E-state index in [1.807, 2.05) is 31.2 Å². The minimum atomic E-state index is -0.679. The van der Waals surface area contributed by atoms with E-state index in [1.54, 1.807) is 32.4 Å². The molecule has 0 aliphatic heterocycles. The van der Waals surface area contributed by atoms with E-state index in [-0.39, 0.29) is 6.54 Å². The average molecular weight is 342 g/mol. The summed E-state index contributed by atoms with van der Waals surface area (Å²) in [5.41, 5.74) is 2.88. The first-order chi connectivity index (χ1) is 12.0. The molecule has 0 radical (unpaired) electrons. The van der Waals surface area contributed by atoms with Gasteiger partial charge in [0.25, 0.3) is 0 Å². The summed E-state index contributed by atoms with van der Waals surface area (Å²) >= 11 is 0. The molecule has 2 rings (SSSR count). The van der Waals surface area contributed by atoms with Gasteiger partial charge in [0, 0.05) is 13.1 Å². The molecule has 0 atom stereocenters. The minimum Gasteiger partial charge on any atom is -0.493 e. The summed E-state index contributed by atoms with van der Waals surface area (Å²) in [4.78, 5) is 23.8. The summed E-state index contributed by atoms with van der Waals surface area (Å²) in [5, 5.41) is 5.19. The SMILES string of the molecule is COc1ccc(CNC(=O)C(=O)NCc2ccc(C)cc2)cc1OC. The van der Waals surface area contributed by atoms with Gasteiger partial charge in [-0.05, 0) is 30.2 Å². The lowest BCUT2D eigenvalue weighted by Crippen LogP contribution is -2.39. The molecule has 0 bridgehead atoms. The van der Waals surface area contributed by atoms with Gasteiger partial charge in [-0.3, -0.25) is 9.59 Å². The molecule has 0 unspecified atom stereocenters. The van der Waals surface area contributed by atoms with Crippen molar-refractivity contribution >= 4 is 11.8 Å². The second-order valence-electron chi connectivity index (χ2n) is 5.54. The normalized spacial score (nSPS) is 10.0. The molecular formula is C19H22N2O4. The molecule has 0 saturated heterocycles. The average Bonchev–Trinajstić information content (AvgIpc) is 2.65. The van der Waals surface area contributed by atoms with E-state index in [2.05, 4.69) is 10.6 Å². The van der Waals surface area contributed by atoms with Crippen LogP contribution in [0.5, 0.6) is 11.5 Å². The highest BCUT2D eigenvalue weighted by Gasteiger charge is 2.13. The predicted molar refractivity (Wildman–Crippen MR) is 94.4 cm³/mol. The number of carbonyl (C=O) groups excluding carboxylic acids is 2. The van der Waals surface area contributed by atoms with Crippen LogP contribution < -0.4 is 20.1 Å². The monoisotopic (exact) mass is 342 g/mol. The molecule has 25 heavy (non-hydrogen) atoms. The Labute approximate surface area is 147 Å². The zero-order valence-electron chi connectivity index (χ0n) is 14.6. The minimum absolute atomic E-state index is 0.219. The second kappa shape index (κ2) is 8.73. The number of aryl methyl sites for hydroxylation is 1. The Bertz CT molecular complexity index is 742. The number of benzene rings is 2. The van der Waals surface area contributed by atoms with Crippen molar-refractivity contribution in [2.75, 3.05) is 14.2 Å². The van der Waals surface area contributed by atoms with E-state index >= 15 is 0 Å². The molecule has 132 valence electrons. The van der Waals surface area contributed by atoms with Crippen molar-refractivity contribution in [1.82, 2.24) is 10.6 Å². The van der Waals surface area contributed by atoms with Crippen LogP contribution >= 0.6 is 0 Å². The smallest absolute Gasteiger partial charge is 0.309 e. The summed E-state index contributed by atoms with van der Waals surface area (Å²) in [6.45, 7) is 2.52. The van der Waals surface area contributed by atoms with Gasteiger partial charge in [-0.25, -0.2) is 0 Å². The van der Waals surface area contributed by atoms with Crippen LogP contribution in [-0.2, 0) is 22.7 Å². The standard InChI is InChI=1S/C19H22N2O4/c1-13-4-6-14(7-5-13)11-20-18(22)19(23)21-12-15-8-9-16(24-2)17(10-15)25-3/h4-10H,11-12H2,1-3H3,(H,20,22)(H,21,23). The second-order valence-corrected chi connectivity index (χ2v) is 5.54. The Balaban J connectivity index is 1.84. The Morgan fingerprint density at radius 1 is 0.800 bits per heavy atom. The van der Waals surface area contributed by atoms with Gasteiger partial charge in [0.15, 0.2) is 11.5 Å². The molecule has 0 fully saturated rings. The topological polar surface area (TPSA) is 76.7 Å². The third-order valence-electron chi connectivity index (χ3n) is 3.68. The molecule has 0 heterocycles. The Morgan fingerprint density at radius 3 is 1.88 bits per heavy atom. The van der Waals surface area contributed by atoms with E-state index < -0.39 is 11.8 Å². The first-order valence-corrected chi connectivity index (χ1v) is 7.86. The third kappa shape index (κ3) is 5.24. The fraction of sp³-hybridized carbons (Fsp3) is 0.263. The van der Waals surface area contributed by atoms with E-state index in [1.165, 1.54) is 0 Å². The molecule has 2 aromatic rings. The number of hydrogen-bond donors (Lipinski definition) is 2. The Hall–Kier alpha value is -3.02. The Morgan fingerprint density at radius 2 is 1.32 bits per heavy atom. The highest BCUT2D eigenvalue weighted by molar-refractivity contribution is 6.35. The zero-order chi connectivity index (χ0) is 18.2. The lowest BCUT2D eigenvalue weighted by Gasteiger charge is -2.10. The maximum atomic E-state index is 11.9. The molecule has 0 spiro atoms. The molecular weight excluding hydrogens is 320 g/mol. The van der Waals surface area contributed by atoms with Crippen LogP contribution in [0.15, 0.2) is 42.5 Å². The molecule has 2 amide bonds. The summed E-state index contributed by atoms with van der Waals surface area (Å²) in [5.74, 6) is -0.172. The predicted octanol–water partition coefficient (Wildman–Crippen LogP) is 1.94. The van der Waals surface area contributed by atoms with Crippen LogP contribution in [0.25, 0.3) is 0 Å². The van der Waals surface area contributed by atoms with Crippen LogP contribution in [0.3, 0.4) is 0 Å². The van der Waals surface area contributed by atoms with Gasteiger partial charge in [0.1, 0.15) is 0 Å². The lowest BCUT2D eigenvalue weighted by atomic mass is 10.1. The van der Waals surface area contributed by atoms with Gasteiger partial charge in [-0.15, -0.1) is 0 Å². The highest BCUT2D eigenvalue weighted by atomic mass is 16.5. The van der Waals surface area contributed by atoms with Crippen molar-refractivity contribution in [3.63, 3.8) is 0 Å². The number of methoxy groups -OCH3 is 2. The first-order valence-electron chi connectivity index (χ1n) is 7.86. The number of nitrogens with one attached hydrogen (secondary N) is 2. The van der Waals surface area contributed by atoms with Gasteiger partial charge in [-0.2, -0.15) is 0 Å². The molecule has 0 aliphatic rings. The van der Waals surface area contributed by atoms with Crippen molar-refractivity contribution in [3.8, 4) is 11.5 Å². The fourth-order valence-electron chi connectivity index (χ4n) is 2.22.